The molecule has 2 atom stereocenters. The van der Waals surface area contributed by atoms with Gasteiger partial charge in [-0.05, 0) is 27.2 Å². The standard InChI is InChI=1S/C21H40O3/c1-5-6-7-8-9-10-11-12-13-14-15-16-19-17-20(18(2)22)24-21(3,4)23-19/h19-20H,5-17H2,1-4H3/t19-,20-/m0/s1. The Morgan fingerprint density at radius 3 is 1.88 bits per heavy atom. The number of rotatable bonds is 13. The minimum atomic E-state index is -0.628. The predicted octanol–water partition coefficient (Wildman–Crippen LogP) is 6.19. The zero-order chi connectivity index (χ0) is 17.8. The van der Waals surface area contributed by atoms with Crippen LogP contribution in [0.25, 0.3) is 0 Å². The topological polar surface area (TPSA) is 35.5 Å². The van der Waals surface area contributed by atoms with E-state index in [0.717, 1.165) is 12.8 Å². The van der Waals surface area contributed by atoms with Gasteiger partial charge in [-0.1, -0.05) is 77.6 Å². The van der Waals surface area contributed by atoms with Gasteiger partial charge in [-0.15, -0.1) is 0 Å². The molecule has 3 nitrogen and oxygen atoms in total. The van der Waals surface area contributed by atoms with E-state index in [1.54, 1.807) is 6.92 Å². The Morgan fingerprint density at radius 1 is 0.875 bits per heavy atom. The summed E-state index contributed by atoms with van der Waals surface area (Å²) < 4.78 is 11.7. The summed E-state index contributed by atoms with van der Waals surface area (Å²) in [7, 11) is 0. The Labute approximate surface area is 149 Å². The molecular weight excluding hydrogens is 300 g/mol. The van der Waals surface area contributed by atoms with Crippen molar-refractivity contribution in [2.45, 2.75) is 129 Å². The summed E-state index contributed by atoms with van der Waals surface area (Å²) in [5.74, 6) is -0.507. The Hall–Kier alpha value is -0.410. The molecular formula is C21H40O3. The van der Waals surface area contributed by atoms with Crippen LogP contribution in [0.4, 0.5) is 0 Å². The number of ether oxygens (including phenoxy) is 2. The largest absolute Gasteiger partial charge is 0.347 e. The summed E-state index contributed by atoms with van der Waals surface area (Å²) in [6.07, 6.45) is 16.6. The van der Waals surface area contributed by atoms with Crippen molar-refractivity contribution in [3.05, 3.63) is 0 Å². The first-order chi connectivity index (χ1) is 11.4. The predicted molar refractivity (Wildman–Crippen MR) is 100 cm³/mol. The minimum absolute atomic E-state index is 0.121. The first-order valence-electron chi connectivity index (χ1n) is 10.3. The minimum Gasteiger partial charge on any atom is -0.347 e. The molecule has 0 aliphatic carbocycles. The van der Waals surface area contributed by atoms with Gasteiger partial charge in [-0.25, -0.2) is 0 Å². The van der Waals surface area contributed by atoms with E-state index in [4.69, 9.17) is 9.47 Å². The SMILES string of the molecule is CCCCCCCCCCCCC[C@H]1C[C@@H](C(C)=O)OC(C)(C)O1. The zero-order valence-corrected chi connectivity index (χ0v) is 16.6. The van der Waals surface area contributed by atoms with E-state index in [2.05, 4.69) is 6.92 Å². The molecule has 1 saturated heterocycles. The van der Waals surface area contributed by atoms with Crippen LogP contribution in [-0.4, -0.2) is 23.8 Å². The maximum absolute atomic E-state index is 11.6. The molecule has 1 rings (SSSR count). The van der Waals surface area contributed by atoms with Gasteiger partial charge in [-0.3, -0.25) is 4.79 Å². The fraction of sp³-hybridized carbons (Fsp3) is 0.952. The Kier molecular flexibility index (Phi) is 10.8. The number of carbonyl (C=O) groups is 1. The summed E-state index contributed by atoms with van der Waals surface area (Å²) in [5, 5.41) is 0. The number of Topliss-reactive ketones (excluding diaryl/α,β-unsaturated/α-hetero) is 1. The fourth-order valence-electron chi connectivity index (χ4n) is 3.57. The highest BCUT2D eigenvalue weighted by Crippen LogP contribution is 2.29. The van der Waals surface area contributed by atoms with Gasteiger partial charge in [0.2, 0.25) is 0 Å². The molecule has 0 aromatic carbocycles. The van der Waals surface area contributed by atoms with Gasteiger partial charge < -0.3 is 9.47 Å². The summed E-state index contributed by atoms with van der Waals surface area (Å²) >= 11 is 0. The molecule has 0 spiro atoms. The normalized spacial score (nSPS) is 23.3. The van der Waals surface area contributed by atoms with Crippen molar-refractivity contribution < 1.29 is 14.3 Å². The van der Waals surface area contributed by atoms with E-state index >= 15 is 0 Å². The fourth-order valence-corrected chi connectivity index (χ4v) is 3.57. The van der Waals surface area contributed by atoms with Crippen LogP contribution in [0, 0.1) is 0 Å². The molecule has 1 aliphatic rings. The van der Waals surface area contributed by atoms with Crippen LogP contribution in [0.1, 0.15) is 111 Å². The van der Waals surface area contributed by atoms with E-state index in [0.29, 0.717) is 0 Å². The van der Waals surface area contributed by atoms with Gasteiger partial charge in [0.1, 0.15) is 6.10 Å². The van der Waals surface area contributed by atoms with Gasteiger partial charge in [0, 0.05) is 6.42 Å². The summed E-state index contributed by atoms with van der Waals surface area (Å²) in [6, 6.07) is 0. The molecule has 1 fully saturated rings. The quantitative estimate of drug-likeness (QED) is 0.375. The number of hydrogen-bond acceptors (Lipinski definition) is 3. The lowest BCUT2D eigenvalue weighted by Crippen LogP contribution is -2.47. The lowest BCUT2D eigenvalue weighted by atomic mass is 9.99. The highest BCUT2D eigenvalue weighted by Gasteiger charge is 2.36. The first kappa shape index (κ1) is 21.6. The Balaban J connectivity index is 2.01. The average molecular weight is 341 g/mol. The summed E-state index contributed by atoms with van der Waals surface area (Å²) in [4.78, 5) is 11.6. The molecule has 24 heavy (non-hydrogen) atoms. The highest BCUT2D eigenvalue weighted by atomic mass is 16.7. The van der Waals surface area contributed by atoms with E-state index in [1.165, 1.54) is 70.6 Å². The maximum Gasteiger partial charge on any atom is 0.164 e. The van der Waals surface area contributed by atoms with Crippen LogP contribution in [-0.2, 0) is 14.3 Å². The lowest BCUT2D eigenvalue weighted by Gasteiger charge is -2.40. The van der Waals surface area contributed by atoms with Crippen LogP contribution in [0.15, 0.2) is 0 Å². The van der Waals surface area contributed by atoms with Gasteiger partial charge in [0.05, 0.1) is 6.10 Å². The first-order valence-corrected chi connectivity index (χ1v) is 10.3. The van der Waals surface area contributed by atoms with E-state index in [1.807, 2.05) is 13.8 Å². The highest BCUT2D eigenvalue weighted by molar-refractivity contribution is 5.80. The second kappa shape index (κ2) is 12.0. The van der Waals surface area contributed by atoms with Crippen LogP contribution in [0.2, 0.25) is 0 Å². The third kappa shape index (κ3) is 9.78. The van der Waals surface area contributed by atoms with Gasteiger partial charge in [0.25, 0.3) is 0 Å². The van der Waals surface area contributed by atoms with Crippen molar-refractivity contribution in [2.24, 2.45) is 0 Å². The second-order valence-corrected chi connectivity index (χ2v) is 7.92. The van der Waals surface area contributed by atoms with Crippen molar-refractivity contribution in [3.8, 4) is 0 Å². The molecule has 0 unspecified atom stereocenters. The molecule has 1 heterocycles. The molecule has 0 aromatic heterocycles. The van der Waals surface area contributed by atoms with Crippen LogP contribution in [0.3, 0.4) is 0 Å². The van der Waals surface area contributed by atoms with Gasteiger partial charge >= 0.3 is 0 Å². The number of carbonyl (C=O) groups excluding carboxylic acids is 1. The van der Waals surface area contributed by atoms with Crippen molar-refractivity contribution in [1.29, 1.82) is 0 Å². The number of hydrogen-bond donors (Lipinski definition) is 0. The van der Waals surface area contributed by atoms with Crippen molar-refractivity contribution in [2.75, 3.05) is 0 Å². The van der Waals surface area contributed by atoms with Gasteiger partial charge in [0.15, 0.2) is 11.6 Å². The Morgan fingerprint density at radius 2 is 1.38 bits per heavy atom. The molecule has 0 radical (unpaired) electrons. The van der Waals surface area contributed by atoms with Crippen LogP contribution < -0.4 is 0 Å². The molecule has 142 valence electrons. The monoisotopic (exact) mass is 340 g/mol. The second-order valence-electron chi connectivity index (χ2n) is 7.92. The summed E-state index contributed by atoms with van der Waals surface area (Å²) in [5.41, 5.74) is 0. The van der Waals surface area contributed by atoms with E-state index in [-0.39, 0.29) is 18.0 Å². The van der Waals surface area contributed by atoms with Crippen molar-refractivity contribution in [1.82, 2.24) is 0 Å². The molecule has 0 aromatic rings. The molecule has 0 amide bonds. The maximum atomic E-state index is 11.6. The summed E-state index contributed by atoms with van der Waals surface area (Å²) in [6.45, 7) is 7.71. The average Bonchev–Trinajstić information content (AvgIpc) is 2.51. The zero-order valence-electron chi connectivity index (χ0n) is 16.6. The van der Waals surface area contributed by atoms with Gasteiger partial charge in [-0.2, -0.15) is 0 Å². The third-order valence-electron chi connectivity index (χ3n) is 4.94. The molecule has 0 saturated carbocycles. The van der Waals surface area contributed by atoms with Crippen LogP contribution in [0.5, 0.6) is 0 Å². The Bertz CT molecular complexity index is 338. The third-order valence-corrected chi connectivity index (χ3v) is 4.94. The molecule has 0 bridgehead atoms. The molecule has 3 heteroatoms. The van der Waals surface area contributed by atoms with Crippen molar-refractivity contribution in [3.63, 3.8) is 0 Å². The van der Waals surface area contributed by atoms with E-state index in [9.17, 15) is 4.79 Å². The number of ketones is 1. The number of unbranched alkanes of at least 4 members (excludes halogenated alkanes) is 10. The molecule has 1 aliphatic heterocycles. The molecule has 0 N–H and O–H groups in total. The smallest absolute Gasteiger partial charge is 0.164 e. The van der Waals surface area contributed by atoms with E-state index < -0.39 is 5.79 Å². The van der Waals surface area contributed by atoms with Crippen LogP contribution >= 0.6 is 0 Å². The lowest BCUT2D eigenvalue weighted by molar-refractivity contribution is -0.293. The van der Waals surface area contributed by atoms with Crippen molar-refractivity contribution >= 4 is 5.78 Å².